The van der Waals surface area contributed by atoms with Gasteiger partial charge >= 0.3 is 0 Å². The van der Waals surface area contributed by atoms with Gasteiger partial charge in [0, 0.05) is 6.21 Å². The zero-order valence-corrected chi connectivity index (χ0v) is 5.26. The highest BCUT2D eigenvalue weighted by Crippen LogP contribution is 1.86. The zero-order valence-electron chi connectivity index (χ0n) is 5.26. The maximum atomic E-state index is 8.25. The van der Waals surface area contributed by atoms with Crippen molar-refractivity contribution in [3.63, 3.8) is 0 Å². The van der Waals surface area contributed by atoms with E-state index in [0.717, 1.165) is 6.21 Å². The van der Waals surface area contributed by atoms with Crippen molar-refractivity contribution in [2.75, 3.05) is 0 Å². The number of nitrogens with one attached hydrogen (secondary N) is 1. The fraction of sp³-hybridized carbons (Fsp3) is 0.143. The number of nitrogens with zero attached hydrogens (tertiary/aromatic N) is 1. The summed E-state index contributed by atoms with van der Waals surface area (Å²) in [4.78, 5) is 0. The molecule has 0 aliphatic rings. The molecule has 0 spiro atoms. The lowest BCUT2D eigenvalue weighted by atomic mass is 10.3. The van der Waals surface area contributed by atoms with E-state index in [1.165, 1.54) is 0 Å². The van der Waals surface area contributed by atoms with Crippen LogP contribution in [0.3, 0.4) is 0 Å². The van der Waals surface area contributed by atoms with E-state index in [2.05, 4.69) is 0 Å². The van der Waals surface area contributed by atoms with Crippen LogP contribution in [-0.4, -0.2) is 6.21 Å². The Kier molecular flexibility index (Phi) is 4.07. The first-order chi connectivity index (χ1) is 4.35. The lowest BCUT2D eigenvalue weighted by Gasteiger charge is -1.76. The minimum Gasteiger partial charge on any atom is -0.307 e. The summed E-state index contributed by atoms with van der Waals surface area (Å²) in [5, 5.41) is 14.9. The van der Waals surface area contributed by atoms with Gasteiger partial charge < -0.3 is 5.41 Å². The minimum atomic E-state index is 0.369. The molecule has 0 saturated carbocycles. The van der Waals surface area contributed by atoms with Crippen LogP contribution in [-0.2, 0) is 0 Å². The van der Waals surface area contributed by atoms with Gasteiger partial charge in [-0.3, -0.25) is 0 Å². The van der Waals surface area contributed by atoms with E-state index in [9.17, 15) is 0 Å². The smallest absolute Gasteiger partial charge is 0.101 e. The molecule has 0 unspecified atom stereocenters. The molecular weight excluding hydrogens is 112 g/mol. The Bertz CT molecular complexity index is 182. The molecule has 9 heavy (non-hydrogen) atoms. The highest BCUT2D eigenvalue weighted by atomic mass is 14.3. The summed E-state index contributed by atoms with van der Waals surface area (Å²) in [6, 6.07) is 1.85. The van der Waals surface area contributed by atoms with Gasteiger partial charge in [-0.05, 0) is 13.0 Å². The molecule has 0 bridgehead atoms. The molecule has 0 fully saturated rings. The standard InChI is InChI=1S/C7H8N2/c1-2-3-4-7(5-8)6-9/h2-5,8H,1H3/b3-2+,7-4-,8-5?. The molecule has 0 saturated heterocycles. The molecule has 0 amide bonds. The third-order valence-corrected chi connectivity index (χ3v) is 0.753. The van der Waals surface area contributed by atoms with Crippen molar-refractivity contribution in [1.29, 1.82) is 10.7 Å². The molecule has 0 aromatic heterocycles. The molecule has 46 valence electrons. The summed E-state index contributed by atoms with van der Waals surface area (Å²) < 4.78 is 0. The molecule has 0 aromatic rings. The summed E-state index contributed by atoms with van der Waals surface area (Å²) >= 11 is 0. The Hall–Kier alpha value is -1.36. The number of hydrogen-bond donors (Lipinski definition) is 1. The summed E-state index contributed by atoms with van der Waals surface area (Å²) in [5.41, 5.74) is 0.369. The zero-order chi connectivity index (χ0) is 7.11. The van der Waals surface area contributed by atoms with Crippen molar-refractivity contribution < 1.29 is 0 Å². The molecule has 0 heterocycles. The van der Waals surface area contributed by atoms with E-state index in [4.69, 9.17) is 10.7 Å². The topological polar surface area (TPSA) is 47.6 Å². The molecular formula is C7H8N2. The number of hydrogen-bond acceptors (Lipinski definition) is 2. The quantitative estimate of drug-likeness (QED) is 0.336. The molecule has 2 nitrogen and oxygen atoms in total. The Morgan fingerprint density at radius 1 is 1.67 bits per heavy atom. The van der Waals surface area contributed by atoms with Crippen molar-refractivity contribution in [1.82, 2.24) is 0 Å². The lowest BCUT2D eigenvalue weighted by molar-refractivity contribution is 1.49. The molecule has 0 atom stereocenters. The first kappa shape index (κ1) is 7.64. The summed E-state index contributed by atoms with van der Waals surface area (Å²) in [5.74, 6) is 0. The Morgan fingerprint density at radius 2 is 2.33 bits per heavy atom. The summed E-state index contributed by atoms with van der Waals surface area (Å²) in [6.07, 6.45) is 6.15. The first-order valence-corrected chi connectivity index (χ1v) is 2.58. The Balaban J connectivity index is 4.12. The van der Waals surface area contributed by atoms with Crippen molar-refractivity contribution in [2.45, 2.75) is 6.92 Å². The van der Waals surface area contributed by atoms with Crippen LogP contribution in [0.1, 0.15) is 6.92 Å². The van der Waals surface area contributed by atoms with Crippen molar-refractivity contribution >= 4 is 6.21 Å². The van der Waals surface area contributed by atoms with E-state index in [1.54, 1.807) is 18.2 Å². The highest BCUT2D eigenvalue weighted by Gasteiger charge is 1.80. The molecule has 0 aromatic carbocycles. The number of allylic oxidation sites excluding steroid dienone is 4. The average Bonchev–Trinajstić information content (AvgIpc) is 1.91. The van der Waals surface area contributed by atoms with Crippen LogP contribution >= 0.6 is 0 Å². The maximum Gasteiger partial charge on any atom is 0.101 e. The Labute approximate surface area is 54.6 Å². The molecule has 0 aliphatic carbocycles. The van der Waals surface area contributed by atoms with E-state index >= 15 is 0 Å². The van der Waals surface area contributed by atoms with Gasteiger partial charge in [-0.15, -0.1) is 0 Å². The van der Waals surface area contributed by atoms with Gasteiger partial charge in [0.15, 0.2) is 0 Å². The van der Waals surface area contributed by atoms with Gasteiger partial charge in [-0.25, -0.2) is 0 Å². The van der Waals surface area contributed by atoms with Gasteiger partial charge in [0.1, 0.15) is 6.07 Å². The van der Waals surface area contributed by atoms with E-state index < -0.39 is 0 Å². The monoisotopic (exact) mass is 120 g/mol. The van der Waals surface area contributed by atoms with Crippen molar-refractivity contribution in [3.05, 3.63) is 23.8 Å². The molecule has 2 heteroatoms. The summed E-state index contributed by atoms with van der Waals surface area (Å²) in [7, 11) is 0. The van der Waals surface area contributed by atoms with Gasteiger partial charge in [0.2, 0.25) is 0 Å². The van der Waals surface area contributed by atoms with Crippen LogP contribution in [0.4, 0.5) is 0 Å². The second-order valence-corrected chi connectivity index (χ2v) is 1.40. The van der Waals surface area contributed by atoms with E-state index in [-0.39, 0.29) is 0 Å². The van der Waals surface area contributed by atoms with Gasteiger partial charge in [0.05, 0.1) is 5.57 Å². The van der Waals surface area contributed by atoms with Crippen LogP contribution < -0.4 is 0 Å². The molecule has 0 radical (unpaired) electrons. The van der Waals surface area contributed by atoms with Crippen molar-refractivity contribution in [2.24, 2.45) is 0 Å². The maximum absolute atomic E-state index is 8.25. The number of rotatable bonds is 2. The average molecular weight is 120 g/mol. The van der Waals surface area contributed by atoms with Crippen LogP contribution in [0.15, 0.2) is 23.8 Å². The SMILES string of the molecule is C/C=C/C=C(\C#N)C=N. The fourth-order valence-corrected chi connectivity index (χ4v) is 0.318. The van der Waals surface area contributed by atoms with Gasteiger partial charge in [0.25, 0.3) is 0 Å². The van der Waals surface area contributed by atoms with Crippen molar-refractivity contribution in [3.8, 4) is 6.07 Å². The summed E-state index contributed by atoms with van der Waals surface area (Å²) in [6.45, 7) is 1.86. The molecule has 0 aliphatic heterocycles. The third-order valence-electron chi connectivity index (χ3n) is 0.753. The van der Waals surface area contributed by atoms with Gasteiger partial charge in [-0.2, -0.15) is 5.26 Å². The second-order valence-electron chi connectivity index (χ2n) is 1.40. The number of nitriles is 1. The van der Waals surface area contributed by atoms with Crippen LogP contribution in [0, 0.1) is 16.7 Å². The van der Waals surface area contributed by atoms with Crippen LogP contribution in [0.2, 0.25) is 0 Å². The van der Waals surface area contributed by atoms with Crippen LogP contribution in [0.5, 0.6) is 0 Å². The first-order valence-electron chi connectivity index (χ1n) is 2.58. The van der Waals surface area contributed by atoms with Gasteiger partial charge in [-0.1, -0.05) is 12.2 Å². The minimum absolute atomic E-state index is 0.369. The second kappa shape index (κ2) is 4.79. The lowest BCUT2D eigenvalue weighted by Crippen LogP contribution is -1.74. The van der Waals surface area contributed by atoms with E-state index in [0.29, 0.717) is 5.57 Å². The Morgan fingerprint density at radius 3 is 2.67 bits per heavy atom. The highest BCUT2D eigenvalue weighted by molar-refractivity contribution is 5.81. The fourth-order valence-electron chi connectivity index (χ4n) is 0.318. The molecule has 0 rings (SSSR count). The predicted molar refractivity (Wildman–Crippen MR) is 37.3 cm³/mol. The largest absolute Gasteiger partial charge is 0.307 e. The predicted octanol–water partition coefficient (Wildman–Crippen LogP) is 1.66. The van der Waals surface area contributed by atoms with E-state index in [1.807, 2.05) is 13.0 Å². The third kappa shape index (κ3) is 3.24. The normalized spacial score (nSPS) is 11.3. The van der Waals surface area contributed by atoms with Crippen LogP contribution in [0.25, 0.3) is 0 Å². The molecule has 1 N–H and O–H groups in total.